The molecule has 138 valence electrons. The summed E-state index contributed by atoms with van der Waals surface area (Å²) in [7, 11) is 0. The summed E-state index contributed by atoms with van der Waals surface area (Å²) in [4.78, 5) is 16.4. The SMILES string of the molecule is CCCCCOc1cc(C)ccc1CNC(=O)c1csc(CN)n1.Cl. The molecule has 0 aliphatic heterocycles. The van der Waals surface area contributed by atoms with Gasteiger partial charge in [-0.05, 0) is 25.0 Å². The average Bonchev–Trinajstić information content (AvgIpc) is 3.07. The lowest BCUT2D eigenvalue weighted by Crippen LogP contribution is -2.23. The molecule has 5 nitrogen and oxygen atoms in total. The maximum atomic E-state index is 12.2. The molecule has 2 aromatic rings. The molecule has 0 saturated carbocycles. The Labute approximate surface area is 159 Å². The number of aryl methyl sites for hydroxylation is 1. The first-order valence-corrected chi connectivity index (χ1v) is 9.17. The average molecular weight is 384 g/mol. The summed E-state index contributed by atoms with van der Waals surface area (Å²) in [6, 6.07) is 6.04. The van der Waals surface area contributed by atoms with Gasteiger partial charge >= 0.3 is 0 Å². The van der Waals surface area contributed by atoms with Crippen molar-refractivity contribution in [1.82, 2.24) is 10.3 Å². The number of nitrogens with one attached hydrogen (secondary N) is 1. The van der Waals surface area contributed by atoms with Gasteiger partial charge in [-0.2, -0.15) is 0 Å². The van der Waals surface area contributed by atoms with Crippen LogP contribution in [0.5, 0.6) is 5.75 Å². The van der Waals surface area contributed by atoms with Crippen molar-refractivity contribution in [1.29, 1.82) is 0 Å². The molecule has 0 radical (unpaired) electrons. The zero-order valence-electron chi connectivity index (χ0n) is 14.7. The van der Waals surface area contributed by atoms with Crippen LogP contribution in [0.3, 0.4) is 0 Å². The van der Waals surface area contributed by atoms with E-state index in [-0.39, 0.29) is 18.3 Å². The molecule has 3 N–H and O–H groups in total. The molecular weight excluding hydrogens is 358 g/mol. The van der Waals surface area contributed by atoms with Crippen molar-refractivity contribution in [3.63, 3.8) is 0 Å². The van der Waals surface area contributed by atoms with E-state index in [1.54, 1.807) is 5.38 Å². The minimum Gasteiger partial charge on any atom is -0.493 e. The number of nitrogens with two attached hydrogens (primary N) is 1. The molecule has 0 aliphatic carbocycles. The van der Waals surface area contributed by atoms with E-state index in [0.717, 1.165) is 34.7 Å². The Bertz CT molecular complexity index is 676. The van der Waals surface area contributed by atoms with Crippen LogP contribution in [0.4, 0.5) is 0 Å². The number of thiazole rings is 1. The van der Waals surface area contributed by atoms with E-state index < -0.39 is 0 Å². The lowest BCUT2D eigenvalue weighted by Gasteiger charge is -2.13. The van der Waals surface area contributed by atoms with E-state index in [0.29, 0.717) is 25.4 Å². The van der Waals surface area contributed by atoms with Crippen molar-refractivity contribution in [2.24, 2.45) is 5.73 Å². The van der Waals surface area contributed by atoms with Crippen molar-refractivity contribution in [3.05, 3.63) is 45.4 Å². The van der Waals surface area contributed by atoms with Gasteiger partial charge < -0.3 is 15.8 Å². The van der Waals surface area contributed by atoms with Gasteiger partial charge in [-0.25, -0.2) is 4.98 Å². The van der Waals surface area contributed by atoms with Gasteiger partial charge in [0.15, 0.2) is 0 Å². The van der Waals surface area contributed by atoms with Crippen LogP contribution in [0.2, 0.25) is 0 Å². The molecule has 0 spiro atoms. The van der Waals surface area contributed by atoms with Crippen LogP contribution in [-0.4, -0.2) is 17.5 Å². The summed E-state index contributed by atoms with van der Waals surface area (Å²) >= 11 is 1.40. The monoisotopic (exact) mass is 383 g/mol. The highest BCUT2D eigenvalue weighted by molar-refractivity contribution is 7.09. The highest BCUT2D eigenvalue weighted by atomic mass is 35.5. The summed E-state index contributed by atoms with van der Waals surface area (Å²) in [5.41, 5.74) is 8.06. The molecule has 0 atom stereocenters. The van der Waals surface area contributed by atoms with E-state index in [1.165, 1.54) is 17.8 Å². The van der Waals surface area contributed by atoms with Crippen LogP contribution in [0, 0.1) is 6.92 Å². The summed E-state index contributed by atoms with van der Waals surface area (Å²) in [6.45, 7) is 5.67. The number of carbonyl (C=O) groups is 1. The largest absolute Gasteiger partial charge is 0.493 e. The normalized spacial score (nSPS) is 10.2. The Morgan fingerprint density at radius 1 is 1.36 bits per heavy atom. The Morgan fingerprint density at radius 3 is 2.84 bits per heavy atom. The maximum absolute atomic E-state index is 12.2. The van der Waals surface area contributed by atoms with E-state index in [4.69, 9.17) is 10.5 Å². The molecule has 25 heavy (non-hydrogen) atoms. The van der Waals surface area contributed by atoms with E-state index in [9.17, 15) is 4.79 Å². The van der Waals surface area contributed by atoms with Crippen molar-refractivity contribution in [2.75, 3.05) is 6.61 Å². The molecule has 1 aromatic carbocycles. The molecule has 1 amide bonds. The highest BCUT2D eigenvalue weighted by Crippen LogP contribution is 2.21. The molecule has 0 aliphatic rings. The molecular formula is C18H26ClN3O2S. The molecule has 0 fully saturated rings. The predicted molar refractivity (Wildman–Crippen MR) is 105 cm³/mol. The van der Waals surface area contributed by atoms with Crippen LogP contribution in [-0.2, 0) is 13.1 Å². The number of aromatic nitrogens is 1. The van der Waals surface area contributed by atoms with E-state index in [1.807, 2.05) is 25.1 Å². The topological polar surface area (TPSA) is 77.2 Å². The number of amides is 1. The standard InChI is InChI=1S/C18H25N3O2S.ClH/c1-3-4-5-8-23-16-9-13(2)6-7-14(16)11-20-18(22)15-12-24-17(10-19)21-15;/h6-7,9,12H,3-5,8,10-11,19H2,1-2H3,(H,20,22);1H. The zero-order valence-corrected chi connectivity index (χ0v) is 16.3. The van der Waals surface area contributed by atoms with Crippen molar-refractivity contribution in [3.8, 4) is 5.75 Å². The van der Waals surface area contributed by atoms with Gasteiger partial charge in [0.2, 0.25) is 0 Å². The smallest absolute Gasteiger partial charge is 0.271 e. The molecule has 0 bridgehead atoms. The lowest BCUT2D eigenvalue weighted by atomic mass is 10.1. The first-order valence-electron chi connectivity index (χ1n) is 8.29. The summed E-state index contributed by atoms with van der Waals surface area (Å²) < 4.78 is 5.90. The second-order valence-corrected chi connectivity index (χ2v) is 6.62. The third kappa shape index (κ3) is 6.65. The summed E-state index contributed by atoms with van der Waals surface area (Å²) in [5.74, 6) is 0.649. The third-order valence-electron chi connectivity index (χ3n) is 3.63. The van der Waals surface area contributed by atoms with Crippen LogP contribution in [0.25, 0.3) is 0 Å². The number of halogens is 1. The predicted octanol–water partition coefficient (Wildman–Crippen LogP) is 3.83. The molecule has 7 heteroatoms. The fourth-order valence-electron chi connectivity index (χ4n) is 2.25. The van der Waals surface area contributed by atoms with Crippen molar-refractivity contribution in [2.45, 2.75) is 46.2 Å². The van der Waals surface area contributed by atoms with Gasteiger partial charge in [0.1, 0.15) is 16.5 Å². The van der Waals surface area contributed by atoms with Crippen LogP contribution in [0.1, 0.15) is 52.8 Å². The molecule has 0 unspecified atom stereocenters. The number of hydrogen-bond donors (Lipinski definition) is 2. The van der Waals surface area contributed by atoms with Gasteiger partial charge in [0.05, 0.1) is 6.61 Å². The number of unbranched alkanes of at least 4 members (excludes halogenated alkanes) is 2. The van der Waals surface area contributed by atoms with E-state index >= 15 is 0 Å². The number of hydrogen-bond acceptors (Lipinski definition) is 5. The first-order chi connectivity index (χ1) is 11.6. The quantitative estimate of drug-likeness (QED) is 0.645. The van der Waals surface area contributed by atoms with Gasteiger partial charge in [0, 0.05) is 24.0 Å². The Balaban J connectivity index is 0.00000312. The Morgan fingerprint density at radius 2 is 2.16 bits per heavy atom. The van der Waals surface area contributed by atoms with Crippen molar-refractivity contribution < 1.29 is 9.53 Å². The van der Waals surface area contributed by atoms with Gasteiger partial charge in [-0.3, -0.25) is 4.79 Å². The summed E-state index contributed by atoms with van der Waals surface area (Å²) in [6.07, 6.45) is 3.36. The third-order valence-corrected chi connectivity index (χ3v) is 4.50. The molecule has 0 saturated heterocycles. The number of benzene rings is 1. The summed E-state index contributed by atoms with van der Waals surface area (Å²) in [5, 5.41) is 5.39. The fraction of sp³-hybridized carbons (Fsp3) is 0.444. The van der Waals surface area contributed by atoms with Crippen molar-refractivity contribution >= 4 is 29.7 Å². The minimum atomic E-state index is -0.191. The highest BCUT2D eigenvalue weighted by Gasteiger charge is 2.11. The lowest BCUT2D eigenvalue weighted by molar-refractivity contribution is 0.0946. The second-order valence-electron chi connectivity index (χ2n) is 5.68. The Kier molecular flexibility index (Phi) is 9.49. The molecule has 1 aromatic heterocycles. The molecule has 1 heterocycles. The maximum Gasteiger partial charge on any atom is 0.271 e. The second kappa shape index (κ2) is 11.1. The van der Waals surface area contributed by atoms with E-state index in [2.05, 4.69) is 17.2 Å². The first kappa shape index (κ1) is 21.4. The molecule has 2 rings (SSSR count). The van der Waals surface area contributed by atoms with Gasteiger partial charge in [0.25, 0.3) is 5.91 Å². The number of ether oxygens (including phenoxy) is 1. The van der Waals surface area contributed by atoms with Crippen LogP contribution >= 0.6 is 23.7 Å². The van der Waals surface area contributed by atoms with Gasteiger partial charge in [-0.1, -0.05) is 31.9 Å². The van der Waals surface area contributed by atoms with Crippen LogP contribution < -0.4 is 15.8 Å². The zero-order chi connectivity index (χ0) is 17.4. The van der Waals surface area contributed by atoms with Gasteiger partial charge in [-0.15, -0.1) is 23.7 Å². The minimum absolute atomic E-state index is 0. The number of nitrogens with zero attached hydrogens (tertiary/aromatic N) is 1. The fourth-order valence-corrected chi connectivity index (χ4v) is 2.91. The number of carbonyl (C=O) groups excluding carboxylic acids is 1. The van der Waals surface area contributed by atoms with Crippen LogP contribution in [0.15, 0.2) is 23.6 Å². The number of rotatable bonds is 9. The Hall–Kier alpha value is -1.63.